The van der Waals surface area contributed by atoms with Crippen molar-refractivity contribution >= 4 is 35.0 Å². The van der Waals surface area contributed by atoms with E-state index >= 15 is 0 Å². The summed E-state index contributed by atoms with van der Waals surface area (Å²) in [5.41, 5.74) is 2.62. The number of aryl methyl sites for hydroxylation is 1. The fourth-order valence-electron chi connectivity index (χ4n) is 4.84. The van der Waals surface area contributed by atoms with Gasteiger partial charge in [-0.25, -0.2) is 4.79 Å². The van der Waals surface area contributed by atoms with Crippen molar-refractivity contribution in [2.75, 3.05) is 26.7 Å². The molecular weight excluding hydrogens is 597 g/mol. The van der Waals surface area contributed by atoms with E-state index in [2.05, 4.69) is 36.2 Å². The average Bonchev–Trinajstić information content (AvgIpc) is 3.00. The number of carboxylic acids is 1. The maximum absolute atomic E-state index is 12.8. The third-order valence-electron chi connectivity index (χ3n) is 7.48. The highest BCUT2D eigenvalue weighted by Gasteiger charge is 2.30. The molecule has 0 bridgehead atoms. The van der Waals surface area contributed by atoms with E-state index in [-0.39, 0.29) is 23.9 Å². The Labute approximate surface area is 269 Å². The first-order valence-corrected chi connectivity index (χ1v) is 15.2. The van der Waals surface area contributed by atoms with Gasteiger partial charge in [0.25, 0.3) is 0 Å². The van der Waals surface area contributed by atoms with E-state index in [1.807, 2.05) is 48.5 Å². The number of rotatable bonds is 15. The van der Waals surface area contributed by atoms with Gasteiger partial charge in [-0.05, 0) is 118 Å². The summed E-state index contributed by atoms with van der Waals surface area (Å²) in [6.45, 7) is 4.97. The Hall–Kier alpha value is -3.84. The number of ketones is 1. The number of hydrogen-bond acceptors (Lipinski definition) is 5. The molecule has 0 unspecified atom stereocenters. The lowest BCUT2D eigenvalue weighted by molar-refractivity contribution is -0.134. The Morgan fingerprint density at radius 2 is 1.32 bits per heavy atom. The lowest BCUT2D eigenvalue weighted by Gasteiger charge is -2.25. The molecule has 0 radical (unpaired) electrons. The second-order valence-corrected chi connectivity index (χ2v) is 12.2. The maximum atomic E-state index is 12.8. The Balaban J connectivity index is 1.24. The zero-order valence-corrected chi connectivity index (χ0v) is 26.6. The van der Waals surface area contributed by atoms with Crippen molar-refractivity contribution < 1.29 is 24.2 Å². The number of nitrogens with zero attached hydrogens (tertiary/aromatic N) is 1. The minimum Gasteiger partial charge on any atom is -0.486 e. The molecule has 0 atom stereocenters. The van der Waals surface area contributed by atoms with E-state index in [4.69, 9.17) is 37.8 Å². The Morgan fingerprint density at radius 1 is 0.795 bits per heavy atom. The second-order valence-electron chi connectivity index (χ2n) is 11.3. The number of carbonyl (C=O) groups is 2. The van der Waals surface area contributed by atoms with Crippen molar-refractivity contribution in [2.45, 2.75) is 38.2 Å². The van der Waals surface area contributed by atoms with Crippen LogP contribution in [0.1, 0.15) is 53.2 Å². The van der Waals surface area contributed by atoms with Gasteiger partial charge in [0.2, 0.25) is 5.78 Å². The molecule has 0 aliphatic rings. The average molecular weight is 635 g/mol. The molecule has 0 saturated heterocycles. The van der Waals surface area contributed by atoms with Crippen LogP contribution < -0.4 is 9.47 Å². The molecule has 8 heteroatoms. The number of halogens is 2. The number of Topliss-reactive ketones (excluding diaryl/α,β-unsaturated/α-hetero) is 1. The monoisotopic (exact) mass is 633 g/mol. The summed E-state index contributed by atoms with van der Waals surface area (Å²) in [7, 11) is 2.14. The van der Waals surface area contributed by atoms with Gasteiger partial charge < -0.3 is 19.5 Å². The van der Waals surface area contributed by atoms with Crippen LogP contribution in [0, 0.1) is 0 Å². The third-order valence-corrected chi connectivity index (χ3v) is 7.99. The molecule has 4 aromatic carbocycles. The van der Waals surface area contributed by atoms with Gasteiger partial charge in [0, 0.05) is 22.5 Å². The van der Waals surface area contributed by atoms with Crippen LogP contribution in [0.4, 0.5) is 0 Å². The van der Waals surface area contributed by atoms with E-state index < -0.39 is 11.6 Å². The Kier molecular flexibility index (Phi) is 11.5. The Bertz CT molecular complexity index is 1470. The predicted molar refractivity (Wildman–Crippen MR) is 176 cm³/mol. The molecular formula is C36H37Cl2NO5. The van der Waals surface area contributed by atoms with Gasteiger partial charge in [0.05, 0.1) is 5.56 Å². The maximum Gasteiger partial charge on any atom is 0.335 e. The number of aromatic carboxylic acids is 1. The first kappa shape index (κ1) is 33.1. The van der Waals surface area contributed by atoms with Crippen LogP contribution in [0.3, 0.4) is 0 Å². The summed E-state index contributed by atoms with van der Waals surface area (Å²) in [6, 6.07) is 29.8. The van der Waals surface area contributed by atoms with Crippen LogP contribution in [0.25, 0.3) is 0 Å². The molecule has 4 aromatic rings. The first-order valence-electron chi connectivity index (χ1n) is 14.5. The summed E-state index contributed by atoms with van der Waals surface area (Å²) in [6.07, 6.45) is 1.90. The molecule has 0 aromatic heterocycles. The van der Waals surface area contributed by atoms with E-state index in [0.717, 1.165) is 36.0 Å². The quantitative estimate of drug-likeness (QED) is 0.142. The summed E-state index contributed by atoms with van der Waals surface area (Å²) < 4.78 is 11.6. The van der Waals surface area contributed by atoms with Crippen LogP contribution in [0.5, 0.6) is 11.5 Å². The molecule has 44 heavy (non-hydrogen) atoms. The first-order chi connectivity index (χ1) is 21.0. The van der Waals surface area contributed by atoms with Crippen molar-refractivity contribution in [3.63, 3.8) is 0 Å². The van der Waals surface area contributed by atoms with Crippen molar-refractivity contribution in [3.05, 3.63) is 129 Å². The number of carbonyl (C=O) groups excluding carboxylic acids is 1. The van der Waals surface area contributed by atoms with Crippen molar-refractivity contribution in [3.8, 4) is 11.5 Å². The molecule has 1 N–H and O–H groups in total. The van der Waals surface area contributed by atoms with Crippen LogP contribution >= 0.6 is 23.2 Å². The minimum absolute atomic E-state index is 0.146. The molecule has 0 saturated carbocycles. The van der Waals surface area contributed by atoms with Crippen molar-refractivity contribution in [1.82, 2.24) is 4.90 Å². The fraction of sp³-hybridized carbons (Fsp3) is 0.278. The summed E-state index contributed by atoms with van der Waals surface area (Å²) in [5.74, 6) is -0.0420. The minimum atomic E-state index is -1.14. The zero-order valence-electron chi connectivity index (χ0n) is 25.1. The summed E-state index contributed by atoms with van der Waals surface area (Å²) in [4.78, 5) is 26.2. The van der Waals surface area contributed by atoms with E-state index in [1.54, 1.807) is 13.8 Å². The molecule has 0 amide bonds. The molecule has 0 fully saturated rings. The molecule has 0 aliphatic carbocycles. The highest BCUT2D eigenvalue weighted by atomic mass is 35.5. The van der Waals surface area contributed by atoms with Gasteiger partial charge in [-0.3, -0.25) is 4.79 Å². The standard InChI is InChI=1S/C36H37Cl2NO5/c1-36(2,44-32-20-12-28(13-21-32)35(41)42)34(40)24-43-31-18-6-25(7-19-31)5-4-22-39(3)23-33(26-8-14-29(37)15-9-26)27-10-16-30(38)17-11-27/h6-21,33H,4-5,22-24H2,1-3H3,(H,41,42). The van der Waals surface area contributed by atoms with Gasteiger partial charge >= 0.3 is 5.97 Å². The van der Waals surface area contributed by atoms with E-state index in [1.165, 1.54) is 41.0 Å². The van der Waals surface area contributed by atoms with Crippen molar-refractivity contribution in [1.29, 1.82) is 0 Å². The lowest BCUT2D eigenvalue weighted by atomic mass is 9.91. The lowest BCUT2D eigenvalue weighted by Crippen LogP contribution is -2.41. The molecule has 4 rings (SSSR count). The van der Waals surface area contributed by atoms with Gasteiger partial charge in [0.1, 0.15) is 11.5 Å². The van der Waals surface area contributed by atoms with Crippen LogP contribution in [-0.4, -0.2) is 54.1 Å². The predicted octanol–water partition coefficient (Wildman–Crippen LogP) is 8.19. The normalized spacial score (nSPS) is 11.5. The molecule has 0 heterocycles. The second kappa shape index (κ2) is 15.2. The molecule has 230 valence electrons. The topological polar surface area (TPSA) is 76.1 Å². The number of carboxylic acid groups (broad SMARTS) is 1. The zero-order chi connectivity index (χ0) is 31.7. The van der Waals surface area contributed by atoms with Crippen LogP contribution in [0.2, 0.25) is 10.0 Å². The number of likely N-dealkylation sites (N-methyl/N-ethyl adjacent to an activating group) is 1. The molecule has 0 spiro atoms. The largest absolute Gasteiger partial charge is 0.486 e. The Morgan fingerprint density at radius 3 is 1.84 bits per heavy atom. The van der Waals surface area contributed by atoms with Gasteiger partial charge in [-0.1, -0.05) is 59.6 Å². The van der Waals surface area contributed by atoms with E-state index in [0.29, 0.717) is 11.5 Å². The van der Waals surface area contributed by atoms with E-state index in [9.17, 15) is 9.59 Å². The summed E-state index contributed by atoms with van der Waals surface area (Å²) in [5, 5.41) is 10.5. The van der Waals surface area contributed by atoms with Gasteiger partial charge in [-0.15, -0.1) is 0 Å². The smallest absolute Gasteiger partial charge is 0.335 e. The number of ether oxygens (including phenoxy) is 2. The molecule has 0 aliphatic heterocycles. The highest BCUT2D eigenvalue weighted by Crippen LogP contribution is 2.28. The van der Waals surface area contributed by atoms with Gasteiger partial charge in [0.15, 0.2) is 12.2 Å². The molecule has 6 nitrogen and oxygen atoms in total. The number of hydrogen-bond donors (Lipinski definition) is 1. The van der Waals surface area contributed by atoms with Crippen LogP contribution in [0.15, 0.2) is 97.1 Å². The fourth-order valence-corrected chi connectivity index (χ4v) is 5.09. The third kappa shape index (κ3) is 9.58. The van der Waals surface area contributed by atoms with Crippen molar-refractivity contribution in [2.24, 2.45) is 0 Å². The highest BCUT2D eigenvalue weighted by molar-refractivity contribution is 6.30. The SMILES string of the molecule is CN(CCCc1ccc(OCC(=O)C(C)(C)Oc2ccc(C(=O)O)cc2)cc1)CC(c1ccc(Cl)cc1)c1ccc(Cl)cc1. The van der Waals surface area contributed by atoms with Crippen LogP contribution in [-0.2, 0) is 11.2 Å². The summed E-state index contributed by atoms with van der Waals surface area (Å²) >= 11 is 12.3. The number of benzene rings is 4. The van der Waals surface area contributed by atoms with Gasteiger partial charge in [-0.2, -0.15) is 0 Å².